The molecule has 0 saturated heterocycles. The zero-order valence-electron chi connectivity index (χ0n) is 14.6. The Morgan fingerprint density at radius 1 is 1.33 bits per heavy atom. The molecule has 0 bridgehead atoms. The second-order valence-electron chi connectivity index (χ2n) is 6.07. The summed E-state index contributed by atoms with van der Waals surface area (Å²) in [5.74, 6) is -0.411. The summed E-state index contributed by atoms with van der Waals surface area (Å²) >= 11 is 0. The minimum Gasteiger partial charge on any atom is -0.396 e. The Balaban J connectivity index is 2.60. The van der Waals surface area contributed by atoms with Gasteiger partial charge in [-0.25, -0.2) is 0 Å². The van der Waals surface area contributed by atoms with Crippen LogP contribution in [0.2, 0.25) is 0 Å². The maximum atomic E-state index is 12.1. The topological polar surface area (TPSA) is 81.1 Å². The van der Waals surface area contributed by atoms with Crippen molar-refractivity contribution >= 4 is 5.91 Å². The van der Waals surface area contributed by atoms with Gasteiger partial charge in [0, 0.05) is 48.1 Å². The van der Waals surface area contributed by atoms with Gasteiger partial charge in [-0.15, -0.1) is 0 Å². The van der Waals surface area contributed by atoms with Gasteiger partial charge in [0.25, 0.3) is 5.91 Å². The second-order valence-corrected chi connectivity index (χ2v) is 6.07. The quantitative estimate of drug-likeness (QED) is 0.694. The summed E-state index contributed by atoms with van der Waals surface area (Å²) in [5.41, 5.74) is 10.1. The van der Waals surface area contributed by atoms with Crippen LogP contribution in [-0.2, 0) is 13.0 Å². The summed E-state index contributed by atoms with van der Waals surface area (Å²) < 4.78 is 2.15. The van der Waals surface area contributed by atoms with E-state index in [4.69, 9.17) is 5.73 Å². The lowest BCUT2D eigenvalue weighted by molar-refractivity contribution is 0.1000. The molecule has 5 heteroatoms. The van der Waals surface area contributed by atoms with E-state index in [0.717, 1.165) is 48.2 Å². The molecule has 5 nitrogen and oxygen atoms in total. The second kappa shape index (κ2) is 8.64. The van der Waals surface area contributed by atoms with Crippen LogP contribution in [0, 0.1) is 6.92 Å². The highest BCUT2D eigenvalue weighted by Gasteiger charge is 2.24. The van der Waals surface area contributed by atoms with Crippen molar-refractivity contribution in [3.05, 3.63) is 41.5 Å². The molecular weight excluding hydrogens is 302 g/mol. The molecule has 0 fully saturated rings. The number of amides is 1. The fourth-order valence-corrected chi connectivity index (χ4v) is 3.25. The predicted molar refractivity (Wildman–Crippen MR) is 95.8 cm³/mol. The van der Waals surface area contributed by atoms with Crippen molar-refractivity contribution in [2.75, 3.05) is 6.61 Å². The molecule has 2 aromatic heterocycles. The van der Waals surface area contributed by atoms with Gasteiger partial charge in [0.2, 0.25) is 0 Å². The zero-order valence-corrected chi connectivity index (χ0v) is 14.6. The molecule has 2 aromatic rings. The van der Waals surface area contributed by atoms with Crippen molar-refractivity contribution < 1.29 is 9.90 Å². The van der Waals surface area contributed by atoms with Crippen molar-refractivity contribution in [2.45, 2.75) is 52.5 Å². The van der Waals surface area contributed by atoms with Gasteiger partial charge >= 0.3 is 0 Å². The minimum absolute atomic E-state index is 0.125. The van der Waals surface area contributed by atoms with Crippen LogP contribution in [0.15, 0.2) is 24.5 Å². The van der Waals surface area contributed by atoms with Crippen molar-refractivity contribution in [3.8, 4) is 11.1 Å². The highest BCUT2D eigenvalue weighted by Crippen LogP contribution is 2.33. The van der Waals surface area contributed by atoms with Crippen molar-refractivity contribution in [2.24, 2.45) is 5.73 Å². The van der Waals surface area contributed by atoms with Gasteiger partial charge in [-0.3, -0.25) is 9.78 Å². The molecule has 0 unspecified atom stereocenters. The van der Waals surface area contributed by atoms with E-state index in [1.165, 1.54) is 0 Å². The third-order valence-corrected chi connectivity index (χ3v) is 4.38. The molecule has 2 rings (SSSR count). The van der Waals surface area contributed by atoms with Gasteiger partial charge in [0.1, 0.15) is 0 Å². The molecule has 0 aliphatic rings. The number of pyridine rings is 1. The van der Waals surface area contributed by atoms with Crippen LogP contribution in [0.3, 0.4) is 0 Å². The molecule has 0 aliphatic heterocycles. The number of hydrogen-bond acceptors (Lipinski definition) is 3. The smallest absolute Gasteiger partial charge is 0.251 e. The molecule has 0 atom stereocenters. The van der Waals surface area contributed by atoms with E-state index < -0.39 is 5.91 Å². The Morgan fingerprint density at radius 3 is 2.71 bits per heavy atom. The molecule has 2 heterocycles. The van der Waals surface area contributed by atoms with Crippen molar-refractivity contribution in [3.63, 3.8) is 0 Å². The maximum absolute atomic E-state index is 12.1. The first-order chi connectivity index (χ1) is 11.6. The maximum Gasteiger partial charge on any atom is 0.251 e. The number of aliphatic hydroxyl groups is 1. The van der Waals surface area contributed by atoms with Crippen LogP contribution in [-0.4, -0.2) is 27.2 Å². The molecule has 130 valence electrons. The molecular formula is C19H27N3O2. The standard InChI is InChI=1S/C19H27N3O2/c1-3-4-5-9-16-18(15-8-6-10-21-13-15)17(19(20)24)14(2)22(16)11-7-12-23/h6,8,10,13,23H,3-5,7,9,11-12H2,1-2H3,(H2,20,24). The Bertz CT molecular complexity index is 678. The first kappa shape index (κ1) is 18.2. The Hall–Kier alpha value is -2.14. The summed E-state index contributed by atoms with van der Waals surface area (Å²) in [7, 11) is 0. The summed E-state index contributed by atoms with van der Waals surface area (Å²) in [6.45, 7) is 4.91. The van der Waals surface area contributed by atoms with Gasteiger partial charge in [-0.2, -0.15) is 0 Å². The highest BCUT2D eigenvalue weighted by atomic mass is 16.3. The third kappa shape index (κ3) is 3.85. The van der Waals surface area contributed by atoms with Gasteiger partial charge in [-0.05, 0) is 32.3 Å². The molecule has 1 amide bonds. The molecule has 3 N–H and O–H groups in total. The lowest BCUT2D eigenvalue weighted by Gasteiger charge is -2.12. The number of carbonyl (C=O) groups excluding carboxylic acids is 1. The monoisotopic (exact) mass is 329 g/mol. The molecule has 24 heavy (non-hydrogen) atoms. The van der Waals surface area contributed by atoms with Gasteiger partial charge in [-0.1, -0.05) is 25.8 Å². The molecule has 0 radical (unpaired) electrons. The first-order valence-corrected chi connectivity index (χ1v) is 8.64. The van der Waals surface area contributed by atoms with Gasteiger partial charge < -0.3 is 15.4 Å². The Morgan fingerprint density at radius 2 is 2.12 bits per heavy atom. The SMILES string of the molecule is CCCCCc1c(-c2cccnc2)c(C(N)=O)c(C)n1CCCO. The summed E-state index contributed by atoms with van der Waals surface area (Å²) in [6, 6.07) is 3.84. The van der Waals surface area contributed by atoms with Crippen LogP contribution in [0.4, 0.5) is 0 Å². The number of rotatable bonds is 9. The van der Waals surface area contributed by atoms with E-state index in [0.29, 0.717) is 18.5 Å². The van der Waals surface area contributed by atoms with Crippen molar-refractivity contribution in [1.29, 1.82) is 0 Å². The number of hydrogen-bond donors (Lipinski definition) is 2. The summed E-state index contributed by atoms with van der Waals surface area (Å²) in [4.78, 5) is 16.3. The van der Waals surface area contributed by atoms with Crippen LogP contribution < -0.4 is 5.73 Å². The number of aliphatic hydroxyl groups excluding tert-OH is 1. The molecule has 0 spiro atoms. The van der Waals surface area contributed by atoms with Crippen LogP contribution >= 0.6 is 0 Å². The number of carbonyl (C=O) groups is 1. The minimum atomic E-state index is -0.411. The lowest BCUT2D eigenvalue weighted by atomic mass is 9.98. The lowest BCUT2D eigenvalue weighted by Crippen LogP contribution is -2.13. The van der Waals surface area contributed by atoms with E-state index in [9.17, 15) is 9.90 Å². The molecule has 0 aliphatic carbocycles. The van der Waals surface area contributed by atoms with E-state index >= 15 is 0 Å². The molecule has 0 aromatic carbocycles. The summed E-state index contributed by atoms with van der Waals surface area (Å²) in [5, 5.41) is 9.21. The first-order valence-electron chi connectivity index (χ1n) is 8.64. The average molecular weight is 329 g/mol. The average Bonchev–Trinajstić information content (AvgIpc) is 2.86. The van der Waals surface area contributed by atoms with E-state index in [1.54, 1.807) is 12.4 Å². The van der Waals surface area contributed by atoms with Crippen LogP contribution in [0.5, 0.6) is 0 Å². The van der Waals surface area contributed by atoms with E-state index in [1.807, 2.05) is 19.1 Å². The number of nitrogens with zero attached hydrogens (tertiary/aromatic N) is 2. The number of unbranched alkanes of at least 4 members (excludes halogenated alkanes) is 2. The van der Waals surface area contributed by atoms with E-state index in [2.05, 4.69) is 16.5 Å². The fourth-order valence-electron chi connectivity index (χ4n) is 3.25. The predicted octanol–water partition coefficient (Wildman–Crippen LogP) is 3.07. The van der Waals surface area contributed by atoms with E-state index in [-0.39, 0.29) is 6.61 Å². The number of aromatic nitrogens is 2. The summed E-state index contributed by atoms with van der Waals surface area (Å²) in [6.07, 6.45) is 8.38. The fraction of sp³-hybridized carbons (Fsp3) is 0.474. The normalized spacial score (nSPS) is 11.0. The van der Waals surface area contributed by atoms with Gasteiger partial charge in [0.15, 0.2) is 0 Å². The Labute approximate surface area is 143 Å². The third-order valence-electron chi connectivity index (χ3n) is 4.38. The number of nitrogens with two attached hydrogens (primary N) is 1. The van der Waals surface area contributed by atoms with Crippen LogP contribution in [0.1, 0.15) is 54.4 Å². The van der Waals surface area contributed by atoms with Crippen LogP contribution in [0.25, 0.3) is 11.1 Å². The number of primary amides is 1. The zero-order chi connectivity index (χ0) is 17.5. The van der Waals surface area contributed by atoms with Gasteiger partial charge in [0.05, 0.1) is 5.56 Å². The largest absolute Gasteiger partial charge is 0.396 e. The Kier molecular flexibility index (Phi) is 6.55. The highest BCUT2D eigenvalue weighted by molar-refractivity contribution is 6.02. The van der Waals surface area contributed by atoms with Crippen molar-refractivity contribution in [1.82, 2.24) is 9.55 Å². The molecule has 0 saturated carbocycles.